The van der Waals surface area contributed by atoms with Crippen LogP contribution in [0.3, 0.4) is 0 Å². The van der Waals surface area contributed by atoms with E-state index in [1.165, 1.54) is 17.0 Å². The summed E-state index contributed by atoms with van der Waals surface area (Å²) in [6.45, 7) is 8.02. The minimum Gasteiger partial charge on any atom is -0.369 e. The number of amides is 2. The van der Waals surface area contributed by atoms with Crippen LogP contribution in [0.15, 0.2) is 48.5 Å². The molecule has 1 aromatic heterocycles. The van der Waals surface area contributed by atoms with E-state index in [0.29, 0.717) is 20.5 Å². The van der Waals surface area contributed by atoms with E-state index in [1.54, 1.807) is 30.3 Å². The second kappa shape index (κ2) is 9.95. The van der Waals surface area contributed by atoms with Crippen LogP contribution in [0, 0.1) is 13.8 Å². The summed E-state index contributed by atoms with van der Waals surface area (Å²) < 4.78 is 0. The first-order valence-electron chi connectivity index (χ1n) is 10.8. The van der Waals surface area contributed by atoms with Gasteiger partial charge in [0.25, 0.3) is 11.8 Å². The number of thiophene rings is 1. The average molecular weight is 483 g/mol. The number of rotatable bonds is 5. The molecule has 0 radical (unpaired) electrons. The molecule has 0 atom stereocenters. The van der Waals surface area contributed by atoms with Crippen LogP contribution in [-0.4, -0.2) is 49.9 Å². The molecule has 2 aromatic carbocycles. The Morgan fingerprint density at radius 3 is 2.33 bits per heavy atom. The molecule has 1 aliphatic heterocycles. The van der Waals surface area contributed by atoms with Gasteiger partial charge in [-0.05, 0) is 68.4 Å². The summed E-state index contributed by atoms with van der Waals surface area (Å²) in [5, 5.41) is 6.82. The third-order valence-corrected chi connectivity index (χ3v) is 7.26. The maximum absolute atomic E-state index is 12.9. The molecule has 0 bridgehead atoms. The molecule has 2 N–H and O–H groups in total. The Labute approximate surface area is 203 Å². The zero-order valence-corrected chi connectivity index (χ0v) is 20.5. The molecule has 4 rings (SSSR count). The molecule has 1 aliphatic rings. The van der Waals surface area contributed by atoms with Crippen molar-refractivity contribution in [3.05, 3.63) is 75.1 Å². The minimum atomic E-state index is -0.302. The zero-order valence-electron chi connectivity index (χ0n) is 18.9. The molecule has 33 heavy (non-hydrogen) atoms. The number of carbonyl (C=O) groups is 2. The van der Waals surface area contributed by atoms with Crippen molar-refractivity contribution in [2.24, 2.45) is 0 Å². The molecule has 2 heterocycles. The van der Waals surface area contributed by atoms with Gasteiger partial charge in [0.1, 0.15) is 0 Å². The molecule has 2 amide bonds. The second-order valence-electron chi connectivity index (χ2n) is 8.30. The fourth-order valence-electron chi connectivity index (χ4n) is 3.92. The van der Waals surface area contributed by atoms with Gasteiger partial charge in [-0.25, -0.2) is 0 Å². The predicted molar refractivity (Wildman–Crippen MR) is 137 cm³/mol. The summed E-state index contributed by atoms with van der Waals surface area (Å²) in [6.07, 6.45) is 0. The Balaban J connectivity index is 1.43. The molecule has 1 fully saturated rings. The van der Waals surface area contributed by atoms with Gasteiger partial charge in [-0.1, -0.05) is 23.7 Å². The Bertz CT molecular complexity index is 1180. The SMILES string of the molecule is Cc1cc(NC(=O)c2sc(NC(=O)c3ccccc3Cl)cc2C)ccc1N1CCN(C)CC1. The fourth-order valence-corrected chi connectivity index (χ4v) is 5.10. The van der Waals surface area contributed by atoms with Crippen LogP contribution in [0.4, 0.5) is 16.4 Å². The van der Waals surface area contributed by atoms with Crippen molar-refractivity contribution >= 4 is 51.1 Å². The van der Waals surface area contributed by atoms with Gasteiger partial charge in [-0.3, -0.25) is 9.59 Å². The highest BCUT2D eigenvalue weighted by Gasteiger charge is 2.19. The molecule has 172 valence electrons. The number of hydrogen-bond acceptors (Lipinski definition) is 5. The molecule has 6 nitrogen and oxygen atoms in total. The van der Waals surface area contributed by atoms with Gasteiger partial charge in [0.2, 0.25) is 0 Å². The molecule has 8 heteroatoms. The standard InChI is InChI=1S/C25H27ClN4O2S/c1-16-14-18(8-9-21(16)30-12-10-29(3)11-13-30)27-25(32)23-17(2)15-22(33-23)28-24(31)19-6-4-5-7-20(19)26/h4-9,14-15H,10-13H2,1-3H3,(H,27,32)(H,28,31). The van der Waals surface area contributed by atoms with Crippen LogP contribution in [0.1, 0.15) is 31.2 Å². The van der Waals surface area contributed by atoms with Crippen molar-refractivity contribution in [1.29, 1.82) is 0 Å². The van der Waals surface area contributed by atoms with Gasteiger partial charge in [0, 0.05) is 37.6 Å². The van der Waals surface area contributed by atoms with Crippen LogP contribution in [0.5, 0.6) is 0 Å². The summed E-state index contributed by atoms with van der Waals surface area (Å²) in [5.41, 5.74) is 4.29. The van der Waals surface area contributed by atoms with Crippen molar-refractivity contribution < 1.29 is 9.59 Å². The predicted octanol–water partition coefficient (Wildman–Crippen LogP) is 5.27. The van der Waals surface area contributed by atoms with Crippen LogP contribution in [0.2, 0.25) is 5.02 Å². The van der Waals surface area contributed by atoms with Crippen LogP contribution < -0.4 is 15.5 Å². The van der Waals surface area contributed by atoms with Gasteiger partial charge < -0.3 is 20.4 Å². The van der Waals surface area contributed by atoms with Crippen molar-refractivity contribution in [2.75, 3.05) is 48.8 Å². The zero-order chi connectivity index (χ0) is 23.5. The molecule has 0 unspecified atom stereocenters. The molecule has 1 saturated heterocycles. The summed E-state index contributed by atoms with van der Waals surface area (Å²) >= 11 is 7.36. The number of halogens is 1. The number of carbonyl (C=O) groups excluding carboxylic acids is 2. The van der Waals surface area contributed by atoms with E-state index in [4.69, 9.17) is 11.6 Å². The first-order valence-corrected chi connectivity index (χ1v) is 12.0. The first-order chi connectivity index (χ1) is 15.8. The lowest BCUT2D eigenvalue weighted by molar-refractivity contribution is 0.102. The number of piperazine rings is 1. The molecule has 0 saturated carbocycles. The van der Waals surface area contributed by atoms with E-state index in [9.17, 15) is 9.59 Å². The Kier molecular flexibility index (Phi) is 7.02. The first kappa shape index (κ1) is 23.3. The van der Waals surface area contributed by atoms with E-state index < -0.39 is 0 Å². The highest BCUT2D eigenvalue weighted by molar-refractivity contribution is 7.18. The fraction of sp³-hybridized carbons (Fsp3) is 0.280. The van der Waals surface area contributed by atoms with Gasteiger partial charge in [-0.15, -0.1) is 11.3 Å². The third-order valence-electron chi connectivity index (χ3n) is 5.78. The smallest absolute Gasteiger partial charge is 0.266 e. The van der Waals surface area contributed by atoms with Crippen LogP contribution in [-0.2, 0) is 0 Å². The summed E-state index contributed by atoms with van der Waals surface area (Å²) in [6, 6.07) is 14.7. The number of likely N-dealkylation sites (N-methyl/N-ethyl adjacent to an activating group) is 1. The van der Waals surface area contributed by atoms with Crippen molar-refractivity contribution in [3.63, 3.8) is 0 Å². The molecule has 0 spiro atoms. The number of nitrogens with zero attached hydrogens (tertiary/aromatic N) is 2. The summed E-state index contributed by atoms with van der Waals surface area (Å²) in [5.74, 6) is -0.494. The number of anilines is 3. The minimum absolute atomic E-state index is 0.192. The molecular formula is C25H27ClN4O2S. The second-order valence-corrected chi connectivity index (χ2v) is 9.76. The quantitative estimate of drug-likeness (QED) is 0.519. The molecule has 0 aliphatic carbocycles. The lowest BCUT2D eigenvalue weighted by Crippen LogP contribution is -2.44. The monoisotopic (exact) mass is 482 g/mol. The van der Waals surface area contributed by atoms with Gasteiger partial charge in [-0.2, -0.15) is 0 Å². The molecular weight excluding hydrogens is 456 g/mol. The number of benzene rings is 2. The lowest BCUT2D eigenvalue weighted by Gasteiger charge is -2.35. The Morgan fingerprint density at radius 2 is 1.64 bits per heavy atom. The number of nitrogens with one attached hydrogen (secondary N) is 2. The van der Waals surface area contributed by atoms with E-state index in [1.807, 2.05) is 19.1 Å². The number of aryl methyl sites for hydroxylation is 2. The summed E-state index contributed by atoms with van der Waals surface area (Å²) in [7, 11) is 2.14. The van der Waals surface area contributed by atoms with Crippen LogP contribution >= 0.6 is 22.9 Å². The largest absolute Gasteiger partial charge is 0.369 e. The highest BCUT2D eigenvalue weighted by Crippen LogP contribution is 2.30. The van der Waals surface area contributed by atoms with Gasteiger partial charge in [0.15, 0.2) is 0 Å². The Hall–Kier alpha value is -2.87. The maximum atomic E-state index is 12.9. The Morgan fingerprint density at radius 1 is 0.909 bits per heavy atom. The topological polar surface area (TPSA) is 64.7 Å². The van der Waals surface area contributed by atoms with Crippen molar-refractivity contribution in [1.82, 2.24) is 4.90 Å². The highest BCUT2D eigenvalue weighted by atomic mass is 35.5. The summed E-state index contributed by atoms with van der Waals surface area (Å²) in [4.78, 5) is 30.8. The van der Waals surface area contributed by atoms with Crippen molar-refractivity contribution in [2.45, 2.75) is 13.8 Å². The van der Waals surface area contributed by atoms with E-state index in [-0.39, 0.29) is 11.8 Å². The van der Waals surface area contributed by atoms with E-state index >= 15 is 0 Å². The van der Waals surface area contributed by atoms with Gasteiger partial charge >= 0.3 is 0 Å². The lowest BCUT2D eigenvalue weighted by atomic mass is 10.1. The van der Waals surface area contributed by atoms with E-state index in [0.717, 1.165) is 43.0 Å². The number of hydrogen-bond donors (Lipinski definition) is 2. The maximum Gasteiger partial charge on any atom is 0.266 e. The average Bonchev–Trinajstić information content (AvgIpc) is 3.15. The van der Waals surface area contributed by atoms with Gasteiger partial charge in [0.05, 0.1) is 20.5 Å². The van der Waals surface area contributed by atoms with E-state index in [2.05, 4.69) is 40.5 Å². The van der Waals surface area contributed by atoms with Crippen molar-refractivity contribution in [3.8, 4) is 0 Å². The normalized spacial score (nSPS) is 14.2. The molecule has 3 aromatic rings. The third kappa shape index (κ3) is 5.38. The van der Waals surface area contributed by atoms with Crippen LogP contribution in [0.25, 0.3) is 0 Å².